The van der Waals surface area contributed by atoms with Crippen LogP contribution in [-0.2, 0) is 4.79 Å². The first-order chi connectivity index (χ1) is 7.43. The fraction of sp³-hybridized carbons (Fsp3) is 0.400. The number of amides is 1. The standard InChI is InChI=1S/C10H12BrNO3S/c1-6(2)12(5-8(13)14)10(15)9-7(11)3-4-16-9/h3-4,6H,5H2,1-2H3,(H,13,14). The molecule has 0 aliphatic rings. The summed E-state index contributed by atoms with van der Waals surface area (Å²) in [5.41, 5.74) is 0. The maximum Gasteiger partial charge on any atom is 0.323 e. The molecule has 0 saturated carbocycles. The highest BCUT2D eigenvalue weighted by molar-refractivity contribution is 9.10. The van der Waals surface area contributed by atoms with Gasteiger partial charge in [0.05, 0.1) is 0 Å². The first-order valence-corrected chi connectivity index (χ1v) is 6.36. The number of hydrogen-bond acceptors (Lipinski definition) is 3. The van der Waals surface area contributed by atoms with Gasteiger partial charge in [0.2, 0.25) is 0 Å². The van der Waals surface area contributed by atoms with Crippen molar-refractivity contribution in [2.75, 3.05) is 6.54 Å². The van der Waals surface area contributed by atoms with E-state index in [1.807, 2.05) is 0 Å². The summed E-state index contributed by atoms with van der Waals surface area (Å²) in [4.78, 5) is 24.6. The summed E-state index contributed by atoms with van der Waals surface area (Å²) in [7, 11) is 0. The molecule has 0 aliphatic heterocycles. The average molecular weight is 306 g/mol. The summed E-state index contributed by atoms with van der Waals surface area (Å²) < 4.78 is 0.707. The molecule has 1 heterocycles. The van der Waals surface area contributed by atoms with Crippen molar-refractivity contribution in [1.82, 2.24) is 4.90 Å². The molecule has 4 nitrogen and oxygen atoms in total. The monoisotopic (exact) mass is 305 g/mol. The van der Waals surface area contributed by atoms with Crippen LogP contribution in [0.1, 0.15) is 23.5 Å². The Bertz CT molecular complexity index is 403. The van der Waals surface area contributed by atoms with Crippen LogP contribution in [0, 0.1) is 0 Å². The third-order valence-corrected chi connectivity index (χ3v) is 3.83. The lowest BCUT2D eigenvalue weighted by Gasteiger charge is -2.24. The predicted octanol–water partition coefficient (Wildman–Crippen LogP) is 2.45. The Kier molecular flexibility index (Phi) is 4.49. The van der Waals surface area contributed by atoms with Gasteiger partial charge in [-0.1, -0.05) is 0 Å². The van der Waals surface area contributed by atoms with Crippen molar-refractivity contribution in [3.63, 3.8) is 0 Å². The zero-order chi connectivity index (χ0) is 12.3. The number of carboxylic acid groups (broad SMARTS) is 1. The maximum absolute atomic E-state index is 12.0. The minimum atomic E-state index is -1.00. The number of thiophene rings is 1. The lowest BCUT2D eigenvalue weighted by Crippen LogP contribution is -2.40. The quantitative estimate of drug-likeness (QED) is 0.929. The molecule has 0 aliphatic carbocycles. The van der Waals surface area contributed by atoms with Crippen LogP contribution in [0.3, 0.4) is 0 Å². The van der Waals surface area contributed by atoms with Crippen LogP contribution in [0.2, 0.25) is 0 Å². The van der Waals surface area contributed by atoms with Crippen molar-refractivity contribution in [3.8, 4) is 0 Å². The number of rotatable bonds is 4. The first kappa shape index (κ1) is 13.2. The minimum Gasteiger partial charge on any atom is -0.480 e. The highest BCUT2D eigenvalue weighted by atomic mass is 79.9. The van der Waals surface area contributed by atoms with Crippen LogP contribution < -0.4 is 0 Å². The Morgan fingerprint density at radius 2 is 2.19 bits per heavy atom. The molecule has 1 aromatic heterocycles. The summed E-state index contributed by atoms with van der Waals surface area (Å²) in [5.74, 6) is -1.26. The van der Waals surface area contributed by atoms with E-state index in [2.05, 4.69) is 15.9 Å². The third kappa shape index (κ3) is 3.05. The van der Waals surface area contributed by atoms with E-state index in [4.69, 9.17) is 5.11 Å². The molecular weight excluding hydrogens is 294 g/mol. The number of nitrogens with zero attached hydrogens (tertiary/aromatic N) is 1. The molecule has 0 spiro atoms. The van der Waals surface area contributed by atoms with Gasteiger partial charge in [-0.25, -0.2) is 0 Å². The smallest absolute Gasteiger partial charge is 0.323 e. The molecule has 1 N–H and O–H groups in total. The molecule has 0 bridgehead atoms. The molecule has 1 aromatic rings. The van der Waals surface area contributed by atoms with Crippen molar-refractivity contribution in [2.24, 2.45) is 0 Å². The lowest BCUT2D eigenvalue weighted by molar-refractivity contribution is -0.138. The average Bonchev–Trinajstić information content (AvgIpc) is 2.59. The Balaban J connectivity index is 2.92. The first-order valence-electron chi connectivity index (χ1n) is 4.69. The van der Waals surface area contributed by atoms with Gasteiger partial charge in [0, 0.05) is 10.5 Å². The summed E-state index contributed by atoms with van der Waals surface area (Å²) in [6.07, 6.45) is 0. The van der Waals surface area contributed by atoms with E-state index in [9.17, 15) is 9.59 Å². The van der Waals surface area contributed by atoms with E-state index in [-0.39, 0.29) is 18.5 Å². The predicted molar refractivity (Wildman–Crippen MR) is 65.8 cm³/mol. The molecular formula is C10H12BrNO3S. The van der Waals surface area contributed by atoms with Crippen molar-refractivity contribution in [3.05, 3.63) is 20.8 Å². The number of halogens is 1. The van der Waals surface area contributed by atoms with E-state index in [1.165, 1.54) is 16.2 Å². The summed E-state index contributed by atoms with van der Waals surface area (Å²) in [6.45, 7) is 3.31. The third-order valence-electron chi connectivity index (χ3n) is 2.00. The minimum absolute atomic E-state index is 0.141. The van der Waals surface area contributed by atoms with Gasteiger partial charge in [0.15, 0.2) is 0 Å². The van der Waals surface area contributed by atoms with Gasteiger partial charge in [-0.3, -0.25) is 9.59 Å². The van der Waals surface area contributed by atoms with Crippen LogP contribution in [0.15, 0.2) is 15.9 Å². The van der Waals surface area contributed by atoms with Gasteiger partial charge >= 0.3 is 5.97 Å². The largest absolute Gasteiger partial charge is 0.480 e. The van der Waals surface area contributed by atoms with E-state index in [0.717, 1.165) is 0 Å². The Hall–Kier alpha value is -0.880. The van der Waals surface area contributed by atoms with Crippen LogP contribution in [0.5, 0.6) is 0 Å². The van der Waals surface area contributed by atoms with E-state index >= 15 is 0 Å². The fourth-order valence-corrected chi connectivity index (χ4v) is 2.71. The van der Waals surface area contributed by atoms with Gasteiger partial charge < -0.3 is 10.0 Å². The van der Waals surface area contributed by atoms with E-state index in [0.29, 0.717) is 9.35 Å². The van der Waals surface area contributed by atoms with Crippen molar-refractivity contribution in [1.29, 1.82) is 0 Å². The second kappa shape index (κ2) is 5.45. The highest BCUT2D eigenvalue weighted by Gasteiger charge is 2.23. The van der Waals surface area contributed by atoms with Gasteiger partial charge in [0.25, 0.3) is 5.91 Å². The van der Waals surface area contributed by atoms with E-state index in [1.54, 1.807) is 25.3 Å². The zero-order valence-corrected chi connectivity index (χ0v) is 11.3. The van der Waals surface area contributed by atoms with Crippen LogP contribution in [0.4, 0.5) is 0 Å². The number of hydrogen-bond donors (Lipinski definition) is 1. The normalized spacial score (nSPS) is 10.5. The topological polar surface area (TPSA) is 57.6 Å². The Morgan fingerprint density at radius 3 is 2.56 bits per heavy atom. The Morgan fingerprint density at radius 1 is 1.56 bits per heavy atom. The van der Waals surface area contributed by atoms with Crippen molar-refractivity contribution in [2.45, 2.75) is 19.9 Å². The molecule has 16 heavy (non-hydrogen) atoms. The molecule has 0 saturated heterocycles. The molecule has 88 valence electrons. The SMILES string of the molecule is CC(C)N(CC(=O)O)C(=O)c1sccc1Br. The van der Waals surface area contributed by atoms with Gasteiger partial charge in [-0.15, -0.1) is 11.3 Å². The highest BCUT2D eigenvalue weighted by Crippen LogP contribution is 2.24. The Labute approximate surface area is 106 Å². The molecule has 0 unspecified atom stereocenters. The van der Waals surface area contributed by atoms with E-state index < -0.39 is 5.97 Å². The number of carbonyl (C=O) groups excluding carboxylic acids is 1. The molecule has 0 fully saturated rings. The molecule has 1 rings (SSSR count). The maximum atomic E-state index is 12.0. The summed E-state index contributed by atoms with van der Waals surface area (Å²) >= 11 is 4.57. The number of aliphatic carboxylic acids is 1. The second-order valence-electron chi connectivity index (χ2n) is 3.52. The van der Waals surface area contributed by atoms with Crippen LogP contribution in [-0.4, -0.2) is 34.5 Å². The summed E-state index contributed by atoms with van der Waals surface area (Å²) in [5, 5.41) is 10.5. The van der Waals surface area contributed by atoms with Crippen molar-refractivity contribution >= 4 is 39.1 Å². The zero-order valence-electron chi connectivity index (χ0n) is 8.94. The molecule has 6 heteroatoms. The van der Waals surface area contributed by atoms with Gasteiger partial charge in [-0.05, 0) is 41.2 Å². The molecule has 0 atom stereocenters. The number of carboxylic acids is 1. The van der Waals surface area contributed by atoms with Crippen LogP contribution in [0.25, 0.3) is 0 Å². The van der Waals surface area contributed by atoms with Crippen molar-refractivity contribution < 1.29 is 14.7 Å². The van der Waals surface area contributed by atoms with Gasteiger partial charge in [-0.2, -0.15) is 0 Å². The fourth-order valence-electron chi connectivity index (χ4n) is 1.21. The molecule has 0 radical (unpaired) electrons. The number of carbonyl (C=O) groups is 2. The summed E-state index contributed by atoms with van der Waals surface area (Å²) in [6, 6.07) is 1.63. The second-order valence-corrected chi connectivity index (χ2v) is 5.29. The van der Waals surface area contributed by atoms with Crippen LogP contribution >= 0.6 is 27.3 Å². The lowest BCUT2D eigenvalue weighted by atomic mass is 10.3. The van der Waals surface area contributed by atoms with Gasteiger partial charge in [0.1, 0.15) is 11.4 Å². The molecule has 1 amide bonds. The molecule has 0 aromatic carbocycles.